The number of halogens is 2. The summed E-state index contributed by atoms with van der Waals surface area (Å²) in [7, 11) is 8.34. The molecule has 3 amide bonds. The second kappa shape index (κ2) is 30.7. The summed E-state index contributed by atoms with van der Waals surface area (Å²) in [4.78, 5) is 66.4. The zero-order valence-electron chi connectivity index (χ0n) is 21.7. The molecule has 0 aromatic heterocycles. The molecule has 0 heterocycles. The Morgan fingerprint density at radius 1 is 0.657 bits per heavy atom. The van der Waals surface area contributed by atoms with Crippen LogP contribution in [-0.2, 0) is 108 Å². The normalized spacial score (nSPS) is 10.7. The minimum atomic E-state index is -0.553. The quantitative estimate of drug-likeness (QED) is 0.114. The van der Waals surface area contributed by atoms with E-state index in [2.05, 4.69) is 51.4 Å². The summed E-state index contributed by atoms with van der Waals surface area (Å²) >= 11 is 4.24. The van der Waals surface area contributed by atoms with Crippen molar-refractivity contribution in [2.45, 2.75) is 45.8 Å². The average molecular weight is 879 g/mol. The molecule has 0 aliphatic heterocycles. The van der Waals surface area contributed by atoms with E-state index >= 15 is 0 Å². The summed E-state index contributed by atoms with van der Waals surface area (Å²) < 4.78 is 13.2. The molecule has 0 rings (SSSR count). The Labute approximate surface area is 281 Å². The van der Waals surface area contributed by atoms with Gasteiger partial charge in [-0.15, -0.1) is 0 Å². The van der Waals surface area contributed by atoms with E-state index in [1.807, 2.05) is 0 Å². The largest absolute Gasteiger partial charge is 0.520 e. The molecule has 0 aliphatic rings. The number of carbonyl (C=O) groups excluding carboxylic acids is 6. The van der Waals surface area contributed by atoms with E-state index in [0.29, 0.717) is 0 Å². The van der Waals surface area contributed by atoms with Crippen LogP contribution in [0.15, 0.2) is 0 Å². The van der Waals surface area contributed by atoms with Crippen LogP contribution >= 0.6 is 37.2 Å². The van der Waals surface area contributed by atoms with Gasteiger partial charge in [0, 0.05) is 117 Å². The Hall–Kier alpha value is 0.488. The van der Waals surface area contributed by atoms with Crippen LogP contribution in [0.1, 0.15) is 27.7 Å². The van der Waals surface area contributed by atoms with Crippen LogP contribution in [0.2, 0.25) is 0 Å². The number of carbonyl (C=O) groups is 4. The van der Waals surface area contributed by atoms with Gasteiger partial charge in [-0.25, -0.2) is 14.4 Å². The van der Waals surface area contributed by atoms with E-state index in [1.165, 1.54) is 47.2 Å². The summed E-state index contributed by atoms with van der Waals surface area (Å²) in [6, 6.07) is -1.61. The molecule has 1 unspecified atom stereocenters. The Bertz CT molecular complexity index is 588. The number of hydrogen-bond acceptors (Lipinski definition) is 9. The molecule has 0 N–H and O–H groups in total. The van der Waals surface area contributed by atoms with E-state index in [4.69, 9.17) is 0 Å². The van der Waals surface area contributed by atoms with Crippen LogP contribution in [0.25, 0.3) is 0 Å². The zero-order valence-corrected chi connectivity index (χ0v) is 31.7. The first-order valence-corrected chi connectivity index (χ1v) is 15.4. The minimum absolute atomic E-state index is 0. The smallest absolute Gasteiger partial charge is 0.328 e. The number of ether oxygens (including phenoxy) is 3. The summed E-state index contributed by atoms with van der Waals surface area (Å²) in [5.41, 5.74) is 0. The fourth-order valence-electron chi connectivity index (χ4n) is 1.42. The van der Waals surface area contributed by atoms with Gasteiger partial charge in [-0.3, -0.25) is 4.79 Å². The number of likely N-dealkylation sites (N-methyl/N-ethyl adjacent to an activating group) is 3. The number of nitrogens with zero attached hydrogens (tertiary/aromatic N) is 3. The predicted octanol–water partition coefficient (Wildman–Crippen LogP) is 0.886. The maximum Gasteiger partial charge on any atom is 0.328 e. The fraction of sp³-hybridized carbons (Fsp3) is 0.684. The third-order valence-electron chi connectivity index (χ3n) is 4.15. The van der Waals surface area contributed by atoms with Gasteiger partial charge in [0.25, 0.3) is 0 Å². The molecule has 2 radical (unpaired) electrons. The molecule has 16 heteroatoms. The maximum absolute atomic E-state index is 10.8. The molecule has 0 aromatic carbocycles. The summed E-state index contributed by atoms with van der Waals surface area (Å²) in [5.74, 6) is -1.43. The standard InChI is InChI=1S/C7H13NO3.2C6H10NO3.I2.2Y/c1-5(7(10)11-4)8(3)6(2)9;2*1-5(6(9)10-3)7(2)4-8;1-2;;/h5H,1-4H3;2*5H,1-3H3;;;/q;2*-1;;;/t;2*5-;;;/m.10.../s1. The molecule has 0 spiro atoms. The van der Waals surface area contributed by atoms with Crippen molar-refractivity contribution in [1.82, 2.24) is 14.7 Å². The van der Waals surface area contributed by atoms with Gasteiger partial charge < -0.3 is 38.5 Å². The molecule has 200 valence electrons. The summed E-state index contributed by atoms with van der Waals surface area (Å²) in [5, 5.41) is 0. The number of esters is 3. The van der Waals surface area contributed by atoms with Crippen molar-refractivity contribution in [3.05, 3.63) is 0 Å². The maximum atomic E-state index is 10.8. The van der Waals surface area contributed by atoms with Crippen LogP contribution in [-0.4, -0.2) is 112 Å². The molecule has 0 fully saturated rings. The molecule has 0 bridgehead atoms. The summed E-state index contributed by atoms with van der Waals surface area (Å²) in [6.07, 6.45) is 3.12. The van der Waals surface area contributed by atoms with Crippen LogP contribution in [0, 0.1) is 0 Å². The molecular formula is C19H33I2N3O9Y2-2. The topological polar surface area (TPSA) is 140 Å². The van der Waals surface area contributed by atoms with Crippen molar-refractivity contribution in [3.63, 3.8) is 0 Å². The van der Waals surface area contributed by atoms with Crippen LogP contribution in [0.3, 0.4) is 0 Å². The van der Waals surface area contributed by atoms with Gasteiger partial charge in [0.05, 0.1) is 33.4 Å². The van der Waals surface area contributed by atoms with Gasteiger partial charge >= 0.3 is 17.9 Å². The molecule has 0 aromatic rings. The third-order valence-corrected chi connectivity index (χ3v) is 4.15. The summed E-state index contributed by atoms with van der Waals surface area (Å²) in [6.45, 7) is 6.15. The van der Waals surface area contributed by atoms with Crippen LogP contribution in [0.5, 0.6) is 0 Å². The van der Waals surface area contributed by atoms with Crippen molar-refractivity contribution in [2.24, 2.45) is 0 Å². The Kier molecular flexibility index (Phi) is 42.6. The van der Waals surface area contributed by atoms with E-state index in [0.717, 1.165) is 9.80 Å². The predicted molar refractivity (Wildman–Crippen MR) is 138 cm³/mol. The van der Waals surface area contributed by atoms with Crippen LogP contribution < -0.4 is 0 Å². The van der Waals surface area contributed by atoms with E-state index in [-0.39, 0.29) is 71.3 Å². The number of rotatable bonds is 8. The second-order valence-corrected chi connectivity index (χ2v) is 6.13. The van der Waals surface area contributed by atoms with Gasteiger partial charge in [0.15, 0.2) is 0 Å². The molecule has 0 aliphatic carbocycles. The Balaban J connectivity index is -0.0000000846. The number of hydrogen-bond donors (Lipinski definition) is 0. The van der Waals surface area contributed by atoms with Gasteiger partial charge in [0.1, 0.15) is 6.04 Å². The first kappa shape index (κ1) is 48.5. The monoisotopic (exact) mass is 879 g/mol. The van der Waals surface area contributed by atoms with Gasteiger partial charge in [-0.2, -0.15) is 12.8 Å². The van der Waals surface area contributed by atoms with Crippen molar-refractivity contribution < 1.29 is 108 Å². The van der Waals surface area contributed by atoms with E-state index in [1.54, 1.807) is 40.6 Å². The van der Waals surface area contributed by atoms with Crippen molar-refractivity contribution in [3.8, 4) is 0 Å². The van der Waals surface area contributed by atoms with Crippen molar-refractivity contribution in [2.75, 3.05) is 42.5 Å². The van der Waals surface area contributed by atoms with Gasteiger partial charge in [-0.05, 0) is 34.9 Å². The molecule has 0 saturated heterocycles. The SMILES string of the molecule is COC(=O)C(C)N(C)C(C)=O.COC(=O)[C@@H](C)N(C)[C-]=O.COC(=O)[C@H](C)N(C)[C-]=O.II.[Y].[Y]. The van der Waals surface area contributed by atoms with Gasteiger partial charge in [-0.1, -0.05) is 0 Å². The van der Waals surface area contributed by atoms with Crippen molar-refractivity contribution in [1.29, 1.82) is 0 Å². The minimum Gasteiger partial charge on any atom is -0.520 e. The Morgan fingerprint density at radius 3 is 1.06 bits per heavy atom. The van der Waals surface area contributed by atoms with Gasteiger partial charge in [0.2, 0.25) is 5.91 Å². The zero-order chi connectivity index (χ0) is 27.3. The number of amides is 3. The first-order chi connectivity index (χ1) is 15.3. The first-order valence-electron chi connectivity index (χ1n) is 9.09. The Morgan fingerprint density at radius 2 is 0.886 bits per heavy atom. The molecule has 35 heavy (non-hydrogen) atoms. The fourth-order valence-corrected chi connectivity index (χ4v) is 1.42. The number of methoxy groups -OCH3 is 3. The average Bonchev–Trinajstić information content (AvgIpc) is 2.85. The molecule has 3 atom stereocenters. The van der Waals surface area contributed by atoms with E-state index < -0.39 is 36.0 Å². The van der Waals surface area contributed by atoms with Crippen LogP contribution in [0.4, 0.5) is 0 Å². The second-order valence-electron chi connectivity index (χ2n) is 6.13. The van der Waals surface area contributed by atoms with Crippen molar-refractivity contribution >= 4 is 73.9 Å². The molecule has 12 nitrogen and oxygen atoms in total. The molecular weight excluding hydrogens is 846 g/mol. The van der Waals surface area contributed by atoms with E-state index in [9.17, 15) is 28.8 Å². The third kappa shape index (κ3) is 24.6. The molecule has 0 saturated carbocycles.